The van der Waals surface area contributed by atoms with Crippen molar-refractivity contribution in [2.45, 2.75) is 51.3 Å². The lowest BCUT2D eigenvalue weighted by Gasteiger charge is -2.26. The van der Waals surface area contributed by atoms with Crippen LogP contribution in [0.5, 0.6) is 11.5 Å². The molecule has 0 bridgehead atoms. The Hall–Kier alpha value is -1.99. The van der Waals surface area contributed by atoms with Crippen LogP contribution in [0, 0.1) is 0 Å². The number of benzene rings is 2. The van der Waals surface area contributed by atoms with Crippen molar-refractivity contribution >= 4 is 21.5 Å². The lowest BCUT2D eigenvalue weighted by molar-refractivity contribution is -0.137. The molecule has 0 fully saturated rings. The minimum Gasteiger partial charge on any atom is -0.490 e. The Bertz CT molecular complexity index is 1030. The van der Waals surface area contributed by atoms with Crippen molar-refractivity contribution in [3.05, 3.63) is 63.6 Å². The zero-order valence-electron chi connectivity index (χ0n) is 19.0. The van der Waals surface area contributed by atoms with Crippen molar-refractivity contribution in [1.82, 2.24) is 4.90 Å². The SMILES string of the molecule is CC1(C)Cc2cc(Br)cc(OCCCCN3CC=C(c4cccc(C(F)(F)F)c4)CC3)c2O1. The van der Waals surface area contributed by atoms with E-state index in [0.717, 1.165) is 72.9 Å². The second-order valence-corrected chi connectivity index (χ2v) is 10.3. The summed E-state index contributed by atoms with van der Waals surface area (Å²) in [6, 6.07) is 9.67. The lowest BCUT2D eigenvalue weighted by Crippen LogP contribution is -2.29. The monoisotopic (exact) mass is 523 g/mol. The first-order valence-corrected chi connectivity index (χ1v) is 12.1. The van der Waals surface area contributed by atoms with Gasteiger partial charge in [0, 0.05) is 29.5 Å². The molecular weight excluding hydrogens is 495 g/mol. The summed E-state index contributed by atoms with van der Waals surface area (Å²) >= 11 is 3.56. The van der Waals surface area contributed by atoms with Crippen LogP contribution < -0.4 is 9.47 Å². The molecule has 7 heteroatoms. The Labute approximate surface area is 201 Å². The minimum atomic E-state index is -4.31. The van der Waals surface area contributed by atoms with Gasteiger partial charge in [-0.1, -0.05) is 34.1 Å². The Morgan fingerprint density at radius 1 is 1.15 bits per heavy atom. The summed E-state index contributed by atoms with van der Waals surface area (Å²) in [4.78, 5) is 2.33. The van der Waals surface area contributed by atoms with E-state index in [2.05, 4.69) is 46.8 Å². The van der Waals surface area contributed by atoms with Gasteiger partial charge in [-0.2, -0.15) is 13.2 Å². The third-order valence-corrected chi connectivity index (χ3v) is 6.53. The van der Waals surface area contributed by atoms with Gasteiger partial charge in [0.1, 0.15) is 5.60 Å². The summed E-state index contributed by atoms with van der Waals surface area (Å²) in [5.74, 6) is 1.64. The maximum atomic E-state index is 13.0. The predicted octanol–water partition coefficient (Wildman–Crippen LogP) is 7.13. The quantitative estimate of drug-likeness (QED) is 0.360. The second-order valence-electron chi connectivity index (χ2n) is 9.34. The van der Waals surface area contributed by atoms with Crippen molar-refractivity contribution in [3.63, 3.8) is 0 Å². The van der Waals surface area contributed by atoms with Gasteiger partial charge < -0.3 is 9.47 Å². The highest BCUT2D eigenvalue weighted by atomic mass is 79.9. The van der Waals surface area contributed by atoms with Crippen LogP contribution in [0.25, 0.3) is 5.57 Å². The molecular formula is C26H29BrF3NO2. The number of hydrogen-bond donors (Lipinski definition) is 0. The molecule has 0 aromatic heterocycles. The molecule has 0 amide bonds. The van der Waals surface area contributed by atoms with Crippen LogP contribution in [0.2, 0.25) is 0 Å². The standard InChI is InChI=1S/C26H29BrF3NO2/c1-25(2)17-20-15-22(27)16-23(24(20)33-25)32-13-4-3-10-31-11-8-18(9-12-31)19-6-5-7-21(14-19)26(28,29)30/h5-8,14-16H,3-4,9-13,17H2,1-2H3. The van der Waals surface area contributed by atoms with Gasteiger partial charge in [-0.25, -0.2) is 0 Å². The highest BCUT2D eigenvalue weighted by molar-refractivity contribution is 9.10. The summed E-state index contributed by atoms with van der Waals surface area (Å²) in [5.41, 5.74) is 2.03. The van der Waals surface area contributed by atoms with E-state index < -0.39 is 11.7 Å². The normalized spacial score (nSPS) is 17.9. The molecule has 2 aromatic rings. The molecule has 0 saturated carbocycles. The van der Waals surface area contributed by atoms with Crippen molar-refractivity contribution in [2.75, 3.05) is 26.2 Å². The molecule has 0 aliphatic carbocycles. The second kappa shape index (κ2) is 9.71. The van der Waals surface area contributed by atoms with E-state index in [4.69, 9.17) is 9.47 Å². The number of rotatable bonds is 7. The first-order chi connectivity index (χ1) is 15.6. The highest BCUT2D eigenvalue weighted by Crippen LogP contribution is 2.44. The number of alkyl halides is 3. The number of ether oxygens (including phenoxy) is 2. The molecule has 2 aliphatic rings. The molecule has 33 heavy (non-hydrogen) atoms. The number of unbranched alkanes of at least 4 members (excludes halogenated alkanes) is 1. The summed E-state index contributed by atoms with van der Waals surface area (Å²) in [6.45, 7) is 7.33. The first kappa shape index (κ1) is 24.1. The third kappa shape index (κ3) is 6.12. The Morgan fingerprint density at radius 3 is 2.70 bits per heavy atom. The summed E-state index contributed by atoms with van der Waals surface area (Å²) in [5, 5.41) is 0. The fourth-order valence-corrected chi connectivity index (χ4v) is 4.92. The molecule has 0 atom stereocenters. The van der Waals surface area contributed by atoms with Gasteiger partial charge in [-0.15, -0.1) is 0 Å². The van der Waals surface area contributed by atoms with Crippen LogP contribution in [0.3, 0.4) is 0 Å². The van der Waals surface area contributed by atoms with Crippen LogP contribution in [0.4, 0.5) is 13.2 Å². The van der Waals surface area contributed by atoms with Gasteiger partial charge in [-0.05, 0) is 75.1 Å². The zero-order chi connectivity index (χ0) is 23.6. The van der Waals surface area contributed by atoms with Crippen LogP contribution in [0.1, 0.15) is 49.8 Å². The maximum Gasteiger partial charge on any atom is 0.416 e. The molecule has 2 aromatic carbocycles. The molecule has 3 nitrogen and oxygen atoms in total. The number of halogens is 4. The maximum absolute atomic E-state index is 13.0. The van der Waals surface area contributed by atoms with E-state index in [1.807, 2.05) is 6.07 Å². The molecule has 0 spiro atoms. The van der Waals surface area contributed by atoms with Crippen molar-refractivity contribution in [2.24, 2.45) is 0 Å². The third-order valence-electron chi connectivity index (χ3n) is 6.07. The molecule has 0 saturated heterocycles. The summed E-state index contributed by atoms with van der Waals surface area (Å²) < 4.78 is 52.1. The molecule has 0 N–H and O–H groups in total. The summed E-state index contributed by atoms with van der Waals surface area (Å²) in [6.07, 6.45) is 1.29. The van der Waals surface area contributed by atoms with E-state index in [9.17, 15) is 13.2 Å². The molecule has 0 radical (unpaired) electrons. The van der Waals surface area contributed by atoms with Gasteiger partial charge in [0.2, 0.25) is 0 Å². The molecule has 0 unspecified atom stereocenters. The average Bonchev–Trinajstić information content (AvgIpc) is 3.07. The number of nitrogens with zero attached hydrogens (tertiary/aromatic N) is 1. The fraction of sp³-hybridized carbons (Fsp3) is 0.462. The van der Waals surface area contributed by atoms with Crippen molar-refractivity contribution in [1.29, 1.82) is 0 Å². The van der Waals surface area contributed by atoms with E-state index in [0.29, 0.717) is 12.2 Å². The highest BCUT2D eigenvalue weighted by Gasteiger charge is 2.33. The van der Waals surface area contributed by atoms with Crippen LogP contribution in [-0.4, -0.2) is 36.7 Å². The lowest BCUT2D eigenvalue weighted by atomic mass is 9.97. The Kier molecular flexibility index (Phi) is 7.10. The van der Waals surface area contributed by atoms with E-state index in [-0.39, 0.29) is 5.60 Å². The van der Waals surface area contributed by atoms with Gasteiger partial charge in [-0.3, -0.25) is 4.90 Å². The first-order valence-electron chi connectivity index (χ1n) is 11.3. The number of hydrogen-bond acceptors (Lipinski definition) is 3. The molecule has 4 rings (SSSR count). The van der Waals surface area contributed by atoms with Crippen molar-refractivity contribution in [3.8, 4) is 11.5 Å². The molecule has 2 heterocycles. The minimum absolute atomic E-state index is 0.212. The van der Waals surface area contributed by atoms with Crippen LogP contribution in [0.15, 0.2) is 46.9 Å². The predicted molar refractivity (Wildman–Crippen MR) is 128 cm³/mol. The molecule has 178 valence electrons. The average molecular weight is 524 g/mol. The summed E-state index contributed by atoms with van der Waals surface area (Å²) in [7, 11) is 0. The zero-order valence-corrected chi connectivity index (χ0v) is 20.6. The van der Waals surface area contributed by atoms with Crippen LogP contribution in [-0.2, 0) is 12.6 Å². The smallest absolute Gasteiger partial charge is 0.416 e. The van der Waals surface area contributed by atoms with E-state index in [1.54, 1.807) is 6.07 Å². The Morgan fingerprint density at radius 2 is 1.97 bits per heavy atom. The Balaban J connectivity index is 1.23. The van der Waals surface area contributed by atoms with Crippen molar-refractivity contribution < 1.29 is 22.6 Å². The van der Waals surface area contributed by atoms with Crippen LogP contribution >= 0.6 is 15.9 Å². The fourth-order valence-electron chi connectivity index (χ4n) is 4.44. The van der Waals surface area contributed by atoms with E-state index >= 15 is 0 Å². The van der Waals surface area contributed by atoms with Gasteiger partial charge in [0.25, 0.3) is 0 Å². The van der Waals surface area contributed by atoms with Gasteiger partial charge in [0.05, 0.1) is 12.2 Å². The van der Waals surface area contributed by atoms with Gasteiger partial charge in [0.15, 0.2) is 11.5 Å². The largest absolute Gasteiger partial charge is 0.490 e. The van der Waals surface area contributed by atoms with Gasteiger partial charge >= 0.3 is 6.18 Å². The molecule has 2 aliphatic heterocycles. The van der Waals surface area contributed by atoms with E-state index in [1.165, 1.54) is 17.7 Å². The topological polar surface area (TPSA) is 21.7 Å². The number of fused-ring (bicyclic) bond motifs is 1.